The normalized spacial score (nSPS) is 10.3. The van der Waals surface area contributed by atoms with Gasteiger partial charge in [-0.05, 0) is 19.1 Å². The van der Waals surface area contributed by atoms with Gasteiger partial charge in [0, 0.05) is 5.56 Å². The summed E-state index contributed by atoms with van der Waals surface area (Å²) < 4.78 is 9.86. The van der Waals surface area contributed by atoms with E-state index in [0.717, 1.165) is 5.56 Å². The van der Waals surface area contributed by atoms with Gasteiger partial charge in [-0.1, -0.05) is 42.5 Å². The number of nitrogens with zero attached hydrogens (tertiary/aromatic N) is 1. The van der Waals surface area contributed by atoms with Gasteiger partial charge in [-0.15, -0.1) is 11.3 Å². The average Bonchev–Trinajstić information content (AvgIpc) is 3.14. The highest BCUT2D eigenvalue weighted by molar-refractivity contribution is 7.14. The Morgan fingerprint density at radius 3 is 2.41 bits per heavy atom. The maximum Gasteiger partial charge on any atom is 0.351 e. The summed E-state index contributed by atoms with van der Waals surface area (Å²) in [4.78, 5) is 41.3. The molecule has 29 heavy (non-hydrogen) atoms. The average molecular weight is 410 g/mol. The molecule has 0 saturated carbocycles. The number of esters is 2. The lowest BCUT2D eigenvalue weighted by atomic mass is 10.1. The summed E-state index contributed by atoms with van der Waals surface area (Å²) in [5.41, 5.74) is 1.80. The van der Waals surface area contributed by atoms with Crippen LogP contribution in [0.15, 0.2) is 54.6 Å². The molecule has 0 saturated heterocycles. The minimum atomic E-state index is -0.633. The Morgan fingerprint density at radius 1 is 1.00 bits per heavy atom. The van der Waals surface area contributed by atoms with Gasteiger partial charge in [-0.3, -0.25) is 4.79 Å². The molecule has 0 radical (unpaired) electrons. The van der Waals surface area contributed by atoms with Crippen LogP contribution in [0, 0.1) is 6.92 Å². The van der Waals surface area contributed by atoms with Crippen molar-refractivity contribution in [2.45, 2.75) is 6.92 Å². The van der Waals surface area contributed by atoms with Gasteiger partial charge in [-0.25, -0.2) is 14.6 Å². The Morgan fingerprint density at radius 2 is 1.69 bits per heavy atom. The minimum absolute atomic E-state index is 0.208. The molecule has 0 aliphatic rings. The van der Waals surface area contributed by atoms with Crippen LogP contribution in [-0.4, -0.2) is 36.5 Å². The SMILES string of the molecule is COC(=O)c1ccccc1NC(=O)COC(=O)c1sc(C)nc1-c1ccccc1. The van der Waals surface area contributed by atoms with E-state index in [0.29, 0.717) is 15.6 Å². The summed E-state index contributed by atoms with van der Waals surface area (Å²) in [6, 6.07) is 15.7. The number of anilines is 1. The molecule has 0 unspecified atom stereocenters. The molecular formula is C21H18N2O5S. The largest absolute Gasteiger partial charge is 0.465 e. The van der Waals surface area contributed by atoms with Crippen molar-refractivity contribution in [3.63, 3.8) is 0 Å². The molecule has 1 aromatic heterocycles. The zero-order chi connectivity index (χ0) is 20.8. The fraction of sp³-hybridized carbons (Fsp3) is 0.143. The van der Waals surface area contributed by atoms with Gasteiger partial charge in [0.25, 0.3) is 5.91 Å². The molecule has 7 nitrogen and oxygen atoms in total. The lowest BCUT2D eigenvalue weighted by molar-refractivity contribution is -0.119. The highest BCUT2D eigenvalue weighted by Crippen LogP contribution is 2.28. The molecular weight excluding hydrogens is 392 g/mol. The molecule has 1 amide bonds. The monoisotopic (exact) mass is 410 g/mol. The van der Waals surface area contributed by atoms with Gasteiger partial charge in [-0.2, -0.15) is 0 Å². The Hall–Kier alpha value is -3.52. The molecule has 0 aliphatic heterocycles. The molecule has 3 aromatic rings. The molecule has 0 fully saturated rings. The second-order valence-corrected chi connectivity index (χ2v) is 7.14. The van der Waals surface area contributed by atoms with E-state index in [-0.39, 0.29) is 11.3 Å². The Bertz CT molecular complexity index is 1050. The topological polar surface area (TPSA) is 94.6 Å². The Labute approximate surface area is 171 Å². The van der Waals surface area contributed by atoms with E-state index in [2.05, 4.69) is 10.3 Å². The molecule has 8 heteroatoms. The van der Waals surface area contributed by atoms with Crippen molar-refractivity contribution < 1.29 is 23.9 Å². The number of benzene rings is 2. The first kappa shape index (κ1) is 20.2. The number of para-hydroxylation sites is 1. The molecule has 2 aromatic carbocycles. The predicted molar refractivity (Wildman–Crippen MR) is 109 cm³/mol. The minimum Gasteiger partial charge on any atom is -0.465 e. The van der Waals surface area contributed by atoms with E-state index in [4.69, 9.17) is 9.47 Å². The predicted octanol–water partition coefficient (Wildman–Crippen LogP) is 3.70. The molecule has 0 bridgehead atoms. The Kier molecular flexibility index (Phi) is 6.36. The molecule has 1 N–H and O–H groups in total. The van der Waals surface area contributed by atoms with Gasteiger partial charge < -0.3 is 14.8 Å². The van der Waals surface area contributed by atoms with Crippen molar-refractivity contribution >= 4 is 34.9 Å². The molecule has 0 spiro atoms. The van der Waals surface area contributed by atoms with E-state index in [1.165, 1.54) is 24.5 Å². The Balaban J connectivity index is 1.68. The third-order valence-electron chi connectivity index (χ3n) is 3.91. The highest BCUT2D eigenvalue weighted by Gasteiger charge is 2.21. The van der Waals surface area contributed by atoms with Crippen LogP contribution in [0.2, 0.25) is 0 Å². The molecule has 3 rings (SSSR count). The van der Waals surface area contributed by atoms with Crippen LogP contribution >= 0.6 is 11.3 Å². The molecule has 0 atom stereocenters. The second kappa shape index (κ2) is 9.11. The summed E-state index contributed by atoms with van der Waals surface area (Å²) in [6.45, 7) is 1.30. The number of hydrogen-bond acceptors (Lipinski definition) is 7. The first-order valence-corrected chi connectivity index (χ1v) is 9.48. The quantitative estimate of drug-likeness (QED) is 0.623. The fourth-order valence-electron chi connectivity index (χ4n) is 2.62. The van der Waals surface area contributed by atoms with Crippen LogP contribution in [-0.2, 0) is 14.3 Å². The number of nitrogens with one attached hydrogen (secondary N) is 1. The summed E-state index contributed by atoms with van der Waals surface area (Å²) in [5.74, 6) is -1.78. The molecule has 148 valence electrons. The maximum absolute atomic E-state index is 12.5. The summed E-state index contributed by atoms with van der Waals surface area (Å²) in [6.07, 6.45) is 0. The number of hydrogen-bond donors (Lipinski definition) is 1. The van der Waals surface area contributed by atoms with Gasteiger partial charge in [0.15, 0.2) is 6.61 Å². The zero-order valence-electron chi connectivity index (χ0n) is 15.8. The summed E-state index contributed by atoms with van der Waals surface area (Å²) in [7, 11) is 1.25. The van der Waals surface area contributed by atoms with Crippen molar-refractivity contribution in [3.8, 4) is 11.3 Å². The van der Waals surface area contributed by atoms with E-state index in [9.17, 15) is 14.4 Å². The number of ether oxygens (including phenoxy) is 2. The fourth-order valence-corrected chi connectivity index (χ4v) is 3.45. The van der Waals surface area contributed by atoms with Crippen LogP contribution in [0.3, 0.4) is 0 Å². The molecule has 1 heterocycles. The third-order valence-corrected chi connectivity index (χ3v) is 4.86. The van der Waals surface area contributed by atoms with E-state index in [1.807, 2.05) is 30.3 Å². The number of rotatable bonds is 6. The highest BCUT2D eigenvalue weighted by atomic mass is 32.1. The van der Waals surface area contributed by atoms with E-state index >= 15 is 0 Å². The lowest BCUT2D eigenvalue weighted by Crippen LogP contribution is -2.22. The van der Waals surface area contributed by atoms with Crippen molar-refractivity contribution in [2.24, 2.45) is 0 Å². The van der Waals surface area contributed by atoms with Crippen LogP contribution in [0.5, 0.6) is 0 Å². The second-order valence-electron chi connectivity index (χ2n) is 5.94. The van der Waals surface area contributed by atoms with Crippen molar-refractivity contribution in [1.29, 1.82) is 0 Å². The van der Waals surface area contributed by atoms with Crippen molar-refractivity contribution in [1.82, 2.24) is 4.98 Å². The zero-order valence-corrected chi connectivity index (χ0v) is 16.6. The van der Waals surface area contributed by atoms with Gasteiger partial charge in [0.2, 0.25) is 0 Å². The van der Waals surface area contributed by atoms with E-state index < -0.39 is 24.5 Å². The van der Waals surface area contributed by atoms with Gasteiger partial charge in [0.05, 0.1) is 29.1 Å². The molecule has 0 aliphatic carbocycles. The van der Waals surface area contributed by atoms with Crippen LogP contribution in [0.4, 0.5) is 5.69 Å². The first-order valence-electron chi connectivity index (χ1n) is 8.66. The number of amides is 1. The number of carbonyl (C=O) groups excluding carboxylic acids is 3. The summed E-state index contributed by atoms with van der Waals surface area (Å²) in [5, 5.41) is 3.27. The van der Waals surface area contributed by atoms with Crippen molar-refractivity contribution in [2.75, 3.05) is 19.0 Å². The van der Waals surface area contributed by atoms with Crippen molar-refractivity contribution in [3.05, 3.63) is 70.0 Å². The number of aryl methyl sites for hydroxylation is 1. The standard InChI is InChI=1S/C21H18N2O5S/c1-13-22-18(14-8-4-3-5-9-14)19(29-13)21(26)28-12-17(24)23-16-11-7-6-10-15(16)20(25)27-2/h3-11H,12H2,1-2H3,(H,23,24). The number of methoxy groups -OCH3 is 1. The van der Waals surface area contributed by atoms with Gasteiger partial charge in [0.1, 0.15) is 4.88 Å². The smallest absolute Gasteiger partial charge is 0.351 e. The van der Waals surface area contributed by atoms with Gasteiger partial charge >= 0.3 is 11.9 Å². The van der Waals surface area contributed by atoms with E-state index in [1.54, 1.807) is 25.1 Å². The summed E-state index contributed by atoms with van der Waals surface area (Å²) >= 11 is 1.20. The number of aromatic nitrogens is 1. The number of thiazole rings is 1. The third kappa shape index (κ3) is 4.85. The maximum atomic E-state index is 12.5. The number of carbonyl (C=O) groups is 3. The first-order chi connectivity index (χ1) is 14.0. The van der Waals surface area contributed by atoms with Crippen LogP contribution in [0.25, 0.3) is 11.3 Å². The van der Waals surface area contributed by atoms with Crippen LogP contribution in [0.1, 0.15) is 25.0 Å². The lowest BCUT2D eigenvalue weighted by Gasteiger charge is -2.10. The van der Waals surface area contributed by atoms with Crippen LogP contribution < -0.4 is 5.32 Å².